The summed E-state index contributed by atoms with van der Waals surface area (Å²) >= 11 is 5.84. The fraction of sp³-hybridized carbons (Fsp3) is 0.647. The molecule has 1 fully saturated rings. The predicted molar refractivity (Wildman–Crippen MR) is 85.3 cm³/mol. The average molecular weight is 314 g/mol. The Labute approximate surface area is 132 Å². The molecule has 1 aromatic carbocycles. The van der Waals surface area contributed by atoms with Crippen molar-refractivity contribution in [1.29, 1.82) is 0 Å². The summed E-state index contributed by atoms with van der Waals surface area (Å²) in [7, 11) is 0. The van der Waals surface area contributed by atoms with Crippen molar-refractivity contribution in [3.63, 3.8) is 0 Å². The minimum Gasteiger partial charge on any atom is -0.381 e. The normalized spacial score (nSPS) is 22.7. The SMILES string of the molecule is CC(C)CNCC1(Cc2ccc(Cl)cc2F)CCCOC1. The second kappa shape index (κ2) is 7.57. The lowest BCUT2D eigenvalue weighted by Gasteiger charge is -2.38. The number of halogens is 2. The molecule has 1 aliphatic rings. The van der Waals surface area contributed by atoms with Gasteiger partial charge >= 0.3 is 0 Å². The van der Waals surface area contributed by atoms with E-state index in [-0.39, 0.29) is 11.2 Å². The molecule has 0 aliphatic carbocycles. The third-order valence-electron chi connectivity index (χ3n) is 4.04. The van der Waals surface area contributed by atoms with Crippen molar-refractivity contribution >= 4 is 11.6 Å². The van der Waals surface area contributed by atoms with Gasteiger partial charge in [0.05, 0.1) is 6.61 Å². The van der Waals surface area contributed by atoms with Crippen molar-refractivity contribution in [2.45, 2.75) is 33.1 Å². The molecule has 2 nitrogen and oxygen atoms in total. The first-order valence-corrected chi connectivity index (χ1v) is 8.11. The molecule has 0 bridgehead atoms. The van der Waals surface area contributed by atoms with Crippen LogP contribution in [0.2, 0.25) is 5.02 Å². The molecule has 0 aromatic heterocycles. The van der Waals surface area contributed by atoms with Crippen LogP contribution in [-0.4, -0.2) is 26.3 Å². The summed E-state index contributed by atoms with van der Waals surface area (Å²) in [6.07, 6.45) is 2.81. The summed E-state index contributed by atoms with van der Waals surface area (Å²) in [5.74, 6) is 0.398. The maximum atomic E-state index is 14.1. The molecule has 0 saturated carbocycles. The van der Waals surface area contributed by atoms with Crippen LogP contribution >= 0.6 is 11.6 Å². The van der Waals surface area contributed by atoms with Crippen LogP contribution in [-0.2, 0) is 11.2 Å². The Morgan fingerprint density at radius 1 is 1.43 bits per heavy atom. The third-order valence-corrected chi connectivity index (χ3v) is 4.27. The Balaban J connectivity index is 2.08. The second-order valence-electron chi connectivity index (χ2n) is 6.59. The van der Waals surface area contributed by atoms with E-state index in [1.54, 1.807) is 12.1 Å². The van der Waals surface area contributed by atoms with E-state index in [0.717, 1.165) is 38.1 Å². The van der Waals surface area contributed by atoms with Crippen LogP contribution < -0.4 is 5.32 Å². The fourth-order valence-corrected chi connectivity index (χ4v) is 3.11. The number of hydrogen-bond donors (Lipinski definition) is 1. The van der Waals surface area contributed by atoms with Gasteiger partial charge < -0.3 is 10.1 Å². The van der Waals surface area contributed by atoms with E-state index in [2.05, 4.69) is 19.2 Å². The molecule has 1 saturated heterocycles. The van der Waals surface area contributed by atoms with E-state index < -0.39 is 0 Å². The van der Waals surface area contributed by atoms with E-state index in [1.807, 2.05) is 0 Å². The molecule has 21 heavy (non-hydrogen) atoms. The van der Waals surface area contributed by atoms with Crippen molar-refractivity contribution in [2.75, 3.05) is 26.3 Å². The van der Waals surface area contributed by atoms with Crippen LogP contribution in [0.1, 0.15) is 32.3 Å². The summed E-state index contributed by atoms with van der Waals surface area (Å²) in [6.45, 7) is 7.74. The maximum absolute atomic E-state index is 14.1. The van der Waals surface area contributed by atoms with Crippen molar-refractivity contribution in [3.8, 4) is 0 Å². The van der Waals surface area contributed by atoms with Crippen LogP contribution in [0.4, 0.5) is 4.39 Å². The number of ether oxygens (including phenoxy) is 1. The lowest BCUT2D eigenvalue weighted by atomic mass is 9.77. The van der Waals surface area contributed by atoms with Gasteiger partial charge in [0, 0.05) is 23.6 Å². The molecular formula is C17H25ClFNO. The minimum absolute atomic E-state index is 0.0121. The highest BCUT2D eigenvalue weighted by molar-refractivity contribution is 6.30. The predicted octanol–water partition coefficient (Wildman–Crippen LogP) is 4.06. The molecule has 118 valence electrons. The van der Waals surface area contributed by atoms with Crippen molar-refractivity contribution < 1.29 is 9.13 Å². The molecule has 1 aliphatic heterocycles. The first-order chi connectivity index (χ1) is 10.0. The van der Waals surface area contributed by atoms with Gasteiger partial charge in [-0.25, -0.2) is 4.39 Å². The van der Waals surface area contributed by atoms with E-state index in [1.165, 1.54) is 6.07 Å². The van der Waals surface area contributed by atoms with Gasteiger partial charge in [0.1, 0.15) is 5.82 Å². The monoisotopic (exact) mass is 313 g/mol. The molecular weight excluding hydrogens is 289 g/mol. The zero-order valence-electron chi connectivity index (χ0n) is 12.9. The van der Waals surface area contributed by atoms with Crippen LogP contribution in [0.25, 0.3) is 0 Å². The van der Waals surface area contributed by atoms with Gasteiger partial charge in [0.15, 0.2) is 0 Å². The van der Waals surface area contributed by atoms with E-state index in [9.17, 15) is 4.39 Å². The topological polar surface area (TPSA) is 21.3 Å². The zero-order valence-corrected chi connectivity index (χ0v) is 13.7. The Hall–Kier alpha value is -0.640. The summed E-state index contributed by atoms with van der Waals surface area (Å²) in [6, 6.07) is 4.96. The second-order valence-corrected chi connectivity index (χ2v) is 7.03. The quantitative estimate of drug-likeness (QED) is 0.855. The van der Waals surface area contributed by atoms with Gasteiger partial charge in [-0.2, -0.15) is 0 Å². The molecule has 0 spiro atoms. The van der Waals surface area contributed by atoms with Gasteiger partial charge in [-0.05, 0) is 49.4 Å². The Morgan fingerprint density at radius 2 is 2.24 bits per heavy atom. The van der Waals surface area contributed by atoms with Crippen molar-refractivity contribution in [2.24, 2.45) is 11.3 Å². The molecule has 1 heterocycles. The molecule has 4 heteroatoms. The van der Waals surface area contributed by atoms with E-state index in [4.69, 9.17) is 16.3 Å². The van der Waals surface area contributed by atoms with Crippen molar-refractivity contribution in [3.05, 3.63) is 34.6 Å². The fourth-order valence-electron chi connectivity index (χ4n) is 2.95. The standard InChI is InChI=1S/C17H25ClFNO/c1-13(2)10-20-11-17(6-3-7-21-12-17)9-14-4-5-15(18)8-16(14)19/h4-5,8,13,20H,3,6-7,9-12H2,1-2H3. The first kappa shape index (κ1) is 16.7. The van der Waals surface area contributed by atoms with Crippen molar-refractivity contribution in [1.82, 2.24) is 5.32 Å². The Bertz CT molecular complexity index is 458. The molecule has 0 amide bonds. The maximum Gasteiger partial charge on any atom is 0.127 e. The summed E-state index contributed by atoms with van der Waals surface area (Å²) < 4.78 is 19.8. The first-order valence-electron chi connectivity index (χ1n) is 7.73. The zero-order chi connectivity index (χ0) is 15.3. The summed E-state index contributed by atoms with van der Waals surface area (Å²) in [5, 5.41) is 3.97. The van der Waals surface area contributed by atoms with Crippen LogP contribution in [0.15, 0.2) is 18.2 Å². The van der Waals surface area contributed by atoms with Gasteiger partial charge in [0.2, 0.25) is 0 Å². The third kappa shape index (κ3) is 4.94. The highest BCUT2D eigenvalue weighted by atomic mass is 35.5. The summed E-state index contributed by atoms with van der Waals surface area (Å²) in [4.78, 5) is 0. The Kier molecular flexibility index (Phi) is 6.03. The molecule has 1 atom stereocenters. The van der Waals surface area contributed by atoms with Crippen LogP contribution in [0, 0.1) is 17.2 Å². The average Bonchev–Trinajstić information content (AvgIpc) is 2.43. The molecule has 0 radical (unpaired) electrons. The number of benzene rings is 1. The Morgan fingerprint density at radius 3 is 2.86 bits per heavy atom. The van der Waals surface area contributed by atoms with Gasteiger partial charge in [-0.1, -0.05) is 31.5 Å². The minimum atomic E-state index is -0.212. The lowest BCUT2D eigenvalue weighted by Crippen LogP contribution is -2.43. The number of rotatable bonds is 6. The number of hydrogen-bond acceptors (Lipinski definition) is 2. The number of nitrogens with one attached hydrogen (secondary N) is 1. The largest absolute Gasteiger partial charge is 0.381 e. The molecule has 1 unspecified atom stereocenters. The molecule has 2 rings (SSSR count). The molecule has 1 aromatic rings. The highest BCUT2D eigenvalue weighted by Crippen LogP contribution is 2.33. The van der Waals surface area contributed by atoms with E-state index >= 15 is 0 Å². The smallest absolute Gasteiger partial charge is 0.127 e. The van der Waals surface area contributed by atoms with E-state index in [0.29, 0.717) is 24.0 Å². The lowest BCUT2D eigenvalue weighted by molar-refractivity contribution is -0.00777. The van der Waals surface area contributed by atoms with Gasteiger partial charge in [-0.3, -0.25) is 0 Å². The van der Waals surface area contributed by atoms with Gasteiger partial charge in [0.25, 0.3) is 0 Å². The summed E-state index contributed by atoms with van der Waals surface area (Å²) in [5.41, 5.74) is 0.721. The molecule has 1 N–H and O–H groups in total. The van der Waals surface area contributed by atoms with Gasteiger partial charge in [-0.15, -0.1) is 0 Å². The highest BCUT2D eigenvalue weighted by Gasteiger charge is 2.33. The van der Waals surface area contributed by atoms with Crippen LogP contribution in [0.5, 0.6) is 0 Å². The van der Waals surface area contributed by atoms with Crippen LogP contribution in [0.3, 0.4) is 0 Å².